The van der Waals surface area contributed by atoms with E-state index in [1.54, 1.807) is 6.21 Å². The molecule has 0 saturated carbocycles. The van der Waals surface area contributed by atoms with E-state index in [-0.39, 0.29) is 5.56 Å². The summed E-state index contributed by atoms with van der Waals surface area (Å²) in [6.07, 6.45) is 4.01. The molecule has 0 aliphatic carbocycles. The van der Waals surface area contributed by atoms with Gasteiger partial charge in [0.1, 0.15) is 11.2 Å². The van der Waals surface area contributed by atoms with E-state index in [1.165, 1.54) is 22.3 Å². The number of aromatic nitrogens is 2. The van der Waals surface area contributed by atoms with Gasteiger partial charge >= 0.3 is 0 Å². The summed E-state index contributed by atoms with van der Waals surface area (Å²) in [5.41, 5.74) is 5.69. The molecule has 0 atom stereocenters. The van der Waals surface area contributed by atoms with E-state index >= 15 is 0 Å². The number of halogens is 1. The maximum atomic E-state index is 13.2. The highest BCUT2D eigenvalue weighted by Crippen LogP contribution is 2.30. The largest absolute Gasteiger partial charge is 0.283 e. The number of anilines is 1. The van der Waals surface area contributed by atoms with Crippen LogP contribution in [0.1, 0.15) is 17.5 Å². The monoisotopic (exact) mass is 509 g/mol. The van der Waals surface area contributed by atoms with E-state index in [2.05, 4.69) is 10.1 Å². The van der Waals surface area contributed by atoms with Crippen molar-refractivity contribution in [3.8, 4) is 11.1 Å². The van der Waals surface area contributed by atoms with Crippen molar-refractivity contribution < 1.29 is 0 Å². The van der Waals surface area contributed by atoms with Gasteiger partial charge in [0.2, 0.25) is 0 Å². The van der Waals surface area contributed by atoms with Gasteiger partial charge in [-0.15, -0.1) is 11.3 Å². The smallest absolute Gasteiger partial charge is 0.267 e. The second-order valence-corrected chi connectivity index (χ2v) is 9.65. The van der Waals surface area contributed by atoms with Crippen LogP contribution in [0.15, 0.2) is 106 Å². The van der Waals surface area contributed by atoms with E-state index in [4.69, 9.17) is 16.7 Å². The van der Waals surface area contributed by atoms with E-state index in [0.717, 1.165) is 51.6 Å². The fourth-order valence-electron chi connectivity index (χ4n) is 4.19. The number of hydrazone groups is 1. The van der Waals surface area contributed by atoms with Crippen LogP contribution in [-0.2, 0) is 0 Å². The third-order valence-corrected chi connectivity index (χ3v) is 7.20. The standard InChI is InChI=1S/C28H20ClN5OS/c29-22-10-8-21(9-11-22)25-14-15-33(32-25)23-12-6-19(7-13-23)16-31-34-18-30-27-26(28(34)35)24(17-36-27)20-4-2-1-3-5-20/h1-13,16-18H,14-15H2/b31-16+. The minimum atomic E-state index is -0.186. The van der Waals surface area contributed by atoms with Crippen molar-refractivity contribution in [3.63, 3.8) is 0 Å². The van der Waals surface area contributed by atoms with Crippen molar-refractivity contribution in [1.29, 1.82) is 0 Å². The molecule has 6 nitrogen and oxygen atoms in total. The number of rotatable bonds is 5. The molecule has 0 spiro atoms. The number of nitrogens with zero attached hydrogens (tertiary/aromatic N) is 5. The molecular formula is C28H20ClN5OS. The second-order valence-electron chi connectivity index (χ2n) is 8.35. The summed E-state index contributed by atoms with van der Waals surface area (Å²) in [6.45, 7) is 0.816. The number of thiophene rings is 1. The molecule has 0 unspecified atom stereocenters. The quantitative estimate of drug-likeness (QED) is 0.262. The van der Waals surface area contributed by atoms with Gasteiger partial charge in [0, 0.05) is 28.9 Å². The number of hydrogen-bond acceptors (Lipinski definition) is 6. The topological polar surface area (TPSA) is 62.9 Å². The van der Waals surface area contributed by atoms with Crippen molar-refractivity contribution in [2.45, 2.75) is 6.42 Å². The first kappa shape index (κ1) is 22.4. The molecule has 3 heterocycles. The Labute approximate surface area is 216 Å². The molecule has 6 rings (SSSR count). The van der Waals surface area contributed by atoms with Crippen LogP contribution >= 0.6 is 22.9 Å². The minimum Gasteiger partial charge on any atom is -0.267 e. The summed E-state index contributed by atoms with van der Waals surface area (Å²) in [5, 5.41) is 14.4. The minimum absolute atomic E-state index is 0.186. The summed E-state index contributed by atoms with van der Waals surface area (Å²) in [4.78, 5) is 18.3. The van der Waals surface area contributed by atoms with Gasteiger partial charge in [0.25, 0.3) is 5.56 Å². The number of fused-ring (bicyclic) bond motifs is 1. The highest BCUT2D eigenvalue weighted by molar-refractivity contribution is 7.17. The Balaban J connectivity index is 1.23. The summed E-state index contributed by atoms with van der Waals surface area (Å²) in [7, 11) is 0. The maximum absolute atomic E-state index is 13.2. The van der Waals surface area contributed by atoms with Gasteiger partial charge in [-0.05, 0) is 41.0 Å². The molecule has 1 aliphatic rings. The first-order chi connectivity index (χ1) is 17.7. The Morgan fingerprint density at radius 1 is 0.944 bits per heavy atom. The molecule has 36 heavy (non-hydrogen) atoms. The molecule has 0 fully saturated rings. The molecule has 0 saturated heterocycles. The molecule has 2 aromatic heterocycles. The summed E-state index contributed by atoms with van der Waals surface area (Å²) < 4.78 is 1.29. The van der Waals surface area contributed by atoms with Crippen LogP contribution in [0, 0.1) is 0 Å². The van der Waals surface area contributed by atoms with Crippen molar-refractivity contribution in [3.05, 3.63) is 117 Å². The Kier molecular flexibility index (Phi) is 5.93. The van der Waals surface area contributed by atoms with Crippen molar-refractivity contribution in [2.24, 2.45) is 10.2 Å². The van der Waals surface area contributed by atoms with Gasteiger partial charge in [-0.3, -0.25) is 9.80 Å². The lowest BCUT2D eigenvalue weighted by molar-refractivity contribution is 0.819. The summed E-state index contributed by atoms with van der Waals surface area (Å²) in [5.74, 6) is 0. The lowest BCUT2D eigenvalue weighted by Gasteiger charge is -2.13. The van der Waals surface area contributed by atoms with Crippen molar-refractivity contribution in [2.75, 3.05) is 11.6 Å². The predicted octanol–water partition coefficient (Wildman–Crippen LogP) is 6.28. The normalized spacial score (nSPS) is 13.6. The summed E-state index contributed by atoms with van der Waals surface area (Å²) in [6, 6.07) is 25.6. The van der Waals surface area contributed by atoms with Crippen LogP contribution in [0.25, 0.3) is 21.3 Å². The Morgan fingerprint density at radius 2 is 1.72 bits per heavy atom. The molecule has 8 heteroatoms. The van der Waals surface area contributed by atoms with Gasteiger partial charge in [0.05, 0.1) is 23.0 Å². The second kappa shape index (κ2) is 9.53. The molecule has 0 amide bonds. The lowest BCUT2D eigenvalue weighted by Crippen LogP contribution is -2.16. The van der Waals surface area contributed by atoms with Gasteiger partial charge < -0.3 is 0 Å². The van der Waals surface area contributed by atoms with Gasteiger partial charge in [0.15, 0.2) is 0 Å². The first-order valence-corrected chi connectivity index (χ1v) is 12.7. The van der Waals surface area contributed by atoms with Crippen LogP contribution < -0.4 is 10.6 Å². The highest BCUT2D eigenvalue weighted by Gasteiger charge is 2.17. The van der Waals surface area contributed by atoms with Crippen molar-refractivity contribution >= 4 is 50.8 Å². The molecule has 176 valence electrons. The molecule has 3 aromatic carbocycles. The molecule has 5 aromatic rings. The van der Waals surface area contributed by atoms with E-state index < -0.39 is 0 Å². The van der Waals surface area contributed by atoms with E-state index in [9.17, 15) is 4.79 Å². The zero-order valence-electron chi connectivity index (χ0n) is 19.1. The van der Waals surface area contributed by atoms with Crippen LogP contribution in [0.2, 0.25) is 5.02 Å². The third kappa shape index (κ3) is 4.34. The third-order valence-electron chi connectivity index (χ3n) is 6.06. The number of hydrogen-bond donors (Lipinski definition) is 0. The van der Waals surface area contributed by atoms with Crippen molar-refractivity contribution in [1.82, 2.24) is 9.66 Å². The average molecular weight is 510 g/mol. The SMILES string of the molecule is O=c1c2c(-c3ccccc3)csc2ncn1/N=C/c1ccc(N2CCC(c3ccc(Cl)cc3)=N2)cc1. The fraction of sp³-hybridized carbons (Fsp3) is 0.0714. The maximum Gasteiger partial charge on any atom is 0.283 e. The fourth-order valence-corrected chi connectivity index (χ4v) is 5.22. The molecule has 0 bridgehead atoms. The van der Waals surface area contributed by atoms with Crippen LogP contribution in [-0.4, -0.2) is 28.1 Å². The first-order valence-electron chi connectivity index (χ1n) is 11.5. The zero-order valence-corrected chi connectivity index (χ0v) is 20.7. The zero-order chi connectivity index (χ0) is 24.5. The van der Waals surface area contributed by atoms with Crippen LogP contribution in [0.3, 0.4) is 0 Å². The predicted molar refractivity (Wildman–Crippen MR) is 149 cm³/mol. The number of benzene rings is 3. The molecule has 0 N–H and O–H groups in total. The summed E-state index contributed by atoms with van der Waals surface area (Å²) >= 11 is 7.46. The molecule has 1 aliphatic heterocycles. The van der Waals surface area contributed by atoms with Gasteiger partial charge in [-0.1, -0.05) is 66.2 Å². The van der Waals surface area contributed by atoms with E-state index in [1.807, 2.05) is 89.3 Å². The van der Waals surface area contributed by atoms with Crippen LogP contribution in [0.4, 0.5) is 5.69 Å². The Bertz CT molecular complexity index is 1660. The Hall–Kier alpha value is -4.07. The Morgan fingerprint density at radius 3 is 2.50 bits per heavy atom. The molecular weight excluding hydrogens is 490 g/mol. The van der Waals surface area contributed by atoms with Gasteiger partial charge in [-0.2, -0.15) is 14.9 Å². The van der Waals surface area contributed by atoms with Crippen LogP contribution in [0.5, 0.6) is 0 Å². The highest BCUT2D eigenvalue weighted by atomic mass is 35.5. The lowest BCUT2D eigenvalue weighted by atomic mass is 10.1. The van der Waals surface area contributed by atoms with E-state index in [0.29, 0.717) is 10.2 Å². The molecule has 0 radical (unpaired) electrons. The van der Waals surface area contributed by atoms with Gasteiger partial charge in [-0.25, -0.2) is 4.98 Å². The average Bonchev–Trinajstić information content (AvgIpc) is 3.58.